The van der Waals surface area contributed by atoms with E-state index in [4.69, 9.17) is 4.74 Å². The average Bonchev–Trinajstić information content (AvgIpc) is 2.18. The molecule has 0 N–H and O–H groups in total. The van der Waals surface area contributed by atoms with Crippen molar-refractivity contribution in [1.82, 2.24) is 10.2 Å². The molecule has 14 heavy (non-hydrogen) atoms. The molecule has 0 aliphatic heterocycles. The van der Waals surface area contributed by atoms with Crippen LogP contribution in [-0.2, 0) is 4.74 Å². The summed E-state index contributed by atoms with van der Waals surface area (Å²) in [4.78, 5) is 21.9. The van der Waals surface area contributed by atoms with Crippen LogP contribution in [0.3, 0.4) is 0 Å². The Balaban J connectivity index is 3.10. The second kappa shape index (κ2) is 4.45. The van der Waals surface area contributed by atoms with Crippen molar-refractivity contribution >= 4 is 12.3 Å². The van der Waals surface area contributed by atoms with Crippen LogP contribution in [0.1, 0.15) is 33.5 Å². The summed E-state index contributed by atoms with van der Waals surface area (Å²) in [5.41, 5.74) is 0.738. The summed E-state index contributed by atoms with van der Waals surface area (Å²) in [5, 5.41) is 7.25. The van der Waals surface area contributed by atoms with E-state index in [-0.39, 0.29) is 17.9 Å². The lowest BCUT2D eigenvalue weighted by molar-refractivity contribution is 0.0523. The molecule has 0 unspecified atom stereocenters. The van der Waals surface area contributed by atoms with Gasteiger partial charge in [-0.25, -0.2) is 4.79 Å². The Morgan fingerprint density at radius 3 is 2.86 bits per heavy atom. The number of aromatic nitrogens is 2. The molecule has 5 heteroatoms. The van der Waals surface area contributed by atoms with Gasteiger partial charge in [-0.15, -0.1) is 5.10 Å². The first-order chi connectivity index (χ1) is 6.69. The van der Waals surface area contributed by atoms with Crippen LogP contribution in [0.5, 0.6) is 0 Å². The smallest absolute Gasteiger partial charge is 0.340 e. The molecule has 74 valence electrons. The molecule has 0 spiro atoms. The largest absolute Gasteiger partial charge is 0.462 e. The molecule has 0 atom stereocenters. The Morgan fingerprint density at radius 1 is 1.57 bits per heavy atom. The van der Waals surface area contributed by atoms with E-state index < -0.39 is 5.97 Å². The van der Waals surface area contributed by atoms with E-state index in [1.165, 1.54) is 6.07 Å². The Morgan fingerprint density at radius 2 is 2.29 bits per heavy atom. The lowest BCUT2D eigenvalue weighted by Crippen LogP contribution is -2.10. The monoisotopic (exact) mass is 194 g/mol. The van der Waals surface area contributed by atoms with Crippen molar-refractivity contribution in [3.05, 3.63) is 23.0 Å². The molecule has 0 radical (unpaired) electrons. The predicted octanol–water partition coefficient (Wildman–Crippen LogP) is 0.774. The lowest BCUT2D eigenvalue weighted by Gasteiger charge is -2.03. The number of hydrogen-bond acceptors (Lipinski definition) is 5. The van der Waals surface area contributed by atoms with Gasteiger partial charge in [-0.05, 0) is 19.9 Å². The number of carbonyl (C=O) groups excluding carboxylic acids is 2. The Hall–Kier alpha value is -1.78. The number of aldehydes is 1. The summed E-state index contributed by atoms with van der Waals surface area (Å²) in [5.74, 6) is -0.549. The van der Waals surface area contributed by atoms with Gasteiger partial charge in [0.1, 0.15) is 5.69 Å². The molecular formula is C9H10N2O3. The van der Waals surface area contributed by atoms with Crippen molar-refractivity contribution < 1.29 is 14.3 Å². The Bertz CT molecular complexity index is 363. The van der Waals surface area contributed by atoms with Crippen LogP contribution in [0.2, 0.25) is 0 Å². The zero-order chi connectivity index (χ0) is 10.6. The summed E-state index contributed by atoms with van der Waals surface area (Å²) < 4.78 is 4.76. The number of rotatable bonds is 3. The van der Waals surface area contributed by atoms with E-state index in [0.29, 0.717) is 12.0 Å². The first-order valence-electron chi connectivity index (χ1n) is 4.15. The highest BCUT2D eigenvalue weighted by Gasteiger charge is 2.14. The highest BCUT2D eigenvalue weighted by Crippen LogP contribution is 2.06. The molecule has 0 aliphatic rings. The van der Waals surface area contributed by atoms with E-state index in [2.05, 4.69) is 10.2 Å². The van der Waals surface area contributed by atoms with E-state index >= 15 is 0 Å². The van der Waals surface area contributed by atoms with E-state index in [0.717, 1.165) is 0 Å². The number of esters is 1. The lowest BCUT2D eigenvalue weighted by atomic mass is 10.2. The van der Waals surface area contributed by atoms with Gasteiger partial charge in [-0.3, -0.25) is 4.79 Å². The van der Waals surface area contributed by atoms with Gasteiger partial charge in [-0.2, -0.15) is 5.10 Å². The van der Waals surface area contributed by atoms with Gasteiger partial charge in [0.05, 0.1) is 17.9 Å². The molecule has 1 aromatic heterocycles. The number of hydrogen-bond donors (Lipinski definition) is 0. The van der Waals surface area contributed by atoms with E-state index in [9.17, 15) is 9.59 Å². The van der Waals surface area contributed by atoms with Gasteiger partial charge < -0.3 is 4.74 Å². The minimum Gasteiger partial charge on any atom is -0.462 e. The van der Waals surface area contributed by atoms with Crippen LogP contribution in [0, 0.1) is 6.92 Å². The van der Waals surface area contributed by atoms with Crippen molar-refractivity contribution in [2.75, 3.05) is 6.61 Å². The van der Waals surface area contributed by atoms with Gasteiger partial charge in [0, 0.05) is 0 Å². The van der Waals surface area contributed by atoms with Crippen molar-refractivity contribution in [3.8, 4) is 0 Å². The van der Waals surface area contributed by atoms with Crippen LogP contribution < -0.4 is 0 Å². The number of aryl methyl sites for hydroxylation is 1. The quantitative estimate of drug-likeness (QED) is 0.525. The third-order valence-electron chi connectivity index (χ3n) is 1.55. The fraction of sp³-hybridized carbons (Fsp3) is 0.333. The molecule has 0 saturated heterocycles. The van der Waals surface area contributed by atoms with Crippen molar-refractivity contribution in [2.45, 2.75) is 13.8 Å². The SMILES string of the molecule is CCOC(=O)c1cc(C)nnc1C=O. The first-order valence-corrected chi connectivity index (χ1v) is 4.15. The van der Waals surface area contributed by atoms with Gasteiger partial charge in [0.2, 0.25) is 0 Å². The third kappa shape index (κ3) is 2.12. The van der Waals surface area contributed by atoms with Crippen LogP contribution in [-0.4, -0.2) is 29.1 Å². The fourth-order valence-corrected chi connectivity index (χ4v) is 0.958. The summed E-state index contributed by atoms with van der Waals surface area (Å²) >= 11 is 0. The molecular weight excluding hydrogens is 184 g/mol. The van der Waals surface area contributed by atoms with Gasteiger partial charge >= 0.3 is 5.97 Å². The van der Waals surface area contributed by atoms with Crippen LogP contribution in [0.4, 0.5) is 0 Å². The number of nitrogens with zero attached hydrogens (tertiary/aromatic N) is 2. The van der Waals surface area contributed by atoms with Crippen molar-refractivity contribution in [3.63, 3.8) is 0 Å². The minimum absolute atomic E-state index is 0.00838. The van der Waals surface area contributed by atoms with Crippen LogP contribution >= 0.6 is 0 Å². The first kappa shape index (κ1) is 10.3. The average molecular weight is 194 g/mol. The van der Waals surface area contributed by atoms with Crippen LogP contribution in [0.15, 0.2) is 6.07 Å². The highest BCUT2D eigenvalue weighted by molar-refractivity contribution is 5.96. The van der Waals surface area contributed by atoms with E-state index in [1.807, 2.05) is 0 Å². The molecule has 0 bridgehead atoms. The number of ether oxygens (including phenoxy) is 1. The molecule has 1 heterocycles. The van der Waals surface area contributed by atoms with Crippen molar-refractivity contribution in [2.24, 2.45) is 0 Å². The van der Waals surface area contributed by atoms with Crippen molar-refractivity contribution in [1.29, 1.82) is 0 Å². The zero-order valence-electron chi connectivity index (χ0n) is 7.98. The zero-order valence-corrected chi connectivity index (χ0v) is 7.98. The topological polar surface area (TPSA) is 69.2 Å². The number of carbonyl (C=O) groups is 2. The molecule has 0 aromatic carbocycles. The maximum Gasteiger partial charge on any atom is 0.340 e. The standard InChI is InChI=1S/C9H10N2O3/c1-3-14-9(13)7-4-6(2)10-11-8(7)5-12/h4-5H,3H2,1-2H3. The fourth-order valence-electron chi connectivity index (χ4n) is 0.958. The Kier molecular flexibility index (Phi) is 3.28. The molecule has 0 saturated carbocycles. The second-order valence-corrected chi connectivity index (χ2v) is 2.62. The Labute approximate surface area is 81.1 Å². The third-order valence-corrected chi connectivity index (χ3v) is 1.55. The predicted molar refractivity (Wildman–Crippen MR) is 48.1 cm³/mol. The maximum atomic E-state index is 11.3. The summed E-state index contributed by atoms with van der Waals surface area (Å²) in [6, 6.07) is 1.48. The molecule has 0 fully saturated rings. The van der Waals surface area contributed by atoms with Gasteiger partial charge in [-0.1, -0.05) is 0 Å². The van der Waals surface area contributed by atoms with Gasteiger partial charge in [0.15, 0.2) is 6.29 Å². The molecule has 1 aromatic rings. The summed E-state index contributed by atoms with van der Waals surface area (Å²) in [6.45, 7) is 3.64. The van der Waals surface area contributed by atoms with Crippen LogP contribution in [0.25, 0.3) is 0 Å². The normalized spacial score (nSPS) is 9.57. The summed E-state index contributed by atoms with van der Waals surface area (Å²) in [6.07, 6.45) is 0.485. The molecule has 0 amide bonds. The summed E-state index contributed by atoms with van der Waals surface area (Å²) in [7, 11) is 0. The van der Waals surface area contributed by atoms with Gasteiger partial charge in [0.25, 0.3) is 0 Å². The molecule has 1 rings (SSSR count). The van der Waals surface area contributed by atoms with E-state index in [1.54, 1.807) is 13.8 Å². The minimum atomic E-state index is -0.549. The maximum absolute atomic E-state index is 11.3. The molecule has 0 aliphatic carbocycles. The second-order valence-electron chi connectivity index (χ2n) is 2.62. The highest BCUT2D eigenvalue weighted by atomic mass is 16.5. The molecule has 5 nitrogen and oxygen atoms in total.